The Bertz CT molecular complexity index is 209. The first kappa shape index (κ1) is 16.9. The Labute approximate surface area is 117 Å². The van der Waals surface area contributed by atoms with Gasteiger partial charge in [-0.05, 0) is 39.9 Å². The summed E-state index contributed by atoms with van der Waals surface area (Å²) in [5.74, 6) is 0. The van der Waals surface area contributed by atoms with E-state index in [1.165, 1.54) is 45.6 Å². The molecule has 0 aromatic carbocycles. The average molecular weight is 273 g/mol. The second-order valence-electron chi connectivity index (χ2n) is 5.41. The predicted molar refractivity (Wildman–Crippen MR) is 78.3 cm³/mol. The quantitative estimate of drug-likeness (QED) is 0.444. The van der Waals surface area contributed by atoms with Crippen molar-refractivity contribution in [2.24, 2.45) is 0 Å². The highest BCUT2D eigenvalue weighted by Gasteiger charge is 2.12. The number of likely N-dealkylation sites (N-methyl/N-ethyl adjacent to an activating group) is 1. The summed E-state index contributed by atoms with van der Waals surface area (Å²) in [4.78, 5) is 4.95. The van der Waals surface area contributed by atoms with Crippen LogP contribution in [0.15, 0.2) is 0 Å². The minimum Gasteiger partial charge on any atom is -0.381 e. The molecule has 0 radical (unpaired) electrons. The van der Waals surface area contributed by atoms with Gasteiger partial charge in [0.25, 0.3) is 0 Å². The predicted octanol–water partition coefficient (Wildman–Crippen LogP) is 0.349. The minimum absolute atomic E-state index is 0.433. The summed E-state index contributed by atoms with van der Waals surface area (Å²) in [7, 11) is 3.95. The van der Waals surface area contributed by atoms with Crippen molar-refractivity contribution in [3.8, 4) is 0 Å². The summed E-state index contributed by atoms with van der Waals surface area (Å²) in [6.45, 7) is 7.53. The van der Waals surface area contributed by atoms with Gasteiger partial charge in [0.05, 0.1) is 6.61 Å². The molecule has 0 aromatic rings. The number of piperazine rings is 1. The molecule has 1 rings (SSSR count). The average Bonchev–Trinajstić information content (AvgIpc) is 2.43. The second kappa shape index (κ2) is 10.6. The topological polar surface area (TPSA) is 48.0 Å². The number of aliphatic hydroxyl groups is 1. The first-order valence-corrected chi connectivity index (χ1v) is 7.56. The summed E-state index contributed by atoms with van der Waals surface area (Å²) in [6.07, 6.45) is 3.87. The normalized spacial score (nSPS) is 19.7. The lowest BCUT2D eigenvalue weighted by molar-refractivity contribution is 0.0678. The zero-order chi connectivity index (χ0) is 13.9. The lowest BCUT2D eigenvalue weighted by atomic mass is 10.2. The number of unbranched alkanes of at least 4 members (excludes halogenated alkanes) is 2. The Morgan fingerprint density at radius 1 is 1.11 bits per heavy atom. The maximum absolute atomic E-state index is 9.26. The van der Waals surface area contributed by atoms with Crippen LogP contribution in [0.2, 0.25) is 0 Å². The van der Waals surface area contributed by atoms with E-state index in [2.05, 4.69) is 22.2 Å². The van der Waals surface area contributed by atoms with Gasteiger partial charge in [-0.2, -0.15) is 0 Å². The number of nitrogens with zero attached hydrogens (tertiary/aromatic N) is 2. The molecule has 1 aliphatic rings. The Morgan fingerprint density at radius 2 is 1.84 bits per heavy atom. The number of hydrogen-bond acceptors (Lipinski definition) is 5. The summed E-state index contributed by atoms with van der Waals surface area (Å²) < 4.78 is 5.49. The summed E-state index contributed by atoms with van der Waals surface area (Å²) in [5, 5.41) is 12.0. The number of hydrogen-bond donors (Lipinski definition) is 2. The van der Waals surface area contributed by atoms with Crippen molar-refractivity contribution in [3.05, 3.63) is 0 Å². The summed E-state index contributed by atoms with van der Waals surface area (Å²) >= 11 is 0. The third kappa shape index (κ3) is 8.55. The van der Waals surface area contributed by atoms with Gasteiger partial charge in [0.1, 0.15) is 6.23 Å². The van der Waals surface area contributed by atoms with Crippen molar-refractivity contribution < 1.29 is 9.84 Å². The third-order valence-electron chi connectivity index (χ3n) is 3.73. The maximum Gasteiger partial charge on any atom is 0.106 e. The van der Waals surface area contributed by atoms with E-state index in [4.69, 9.17) is 4.74 Å². The molecule has 2 N–H and O–H groups in total. The smallest absolute Gasteiger partial charge is 0.106 e. The maximum atomic E-state index is 9.26. The van der Waals surface area contributed by atoms with Gasteiger partial charge in [0.2, 0.25) is 0 Å². The van der Waals surface area contributed by atoms with Crippen LogP contribution >= 0.6 is 0 Å². The molecule has 1 atom stereocenters. The molecule has 1 saturated heterocycles. The molecule has 1 heterocycles. The Balaban J connectivity index is 1.81. The molecule has 0 spiro atoms. The van der Waals surface area contributed by atoms with E-state index in [0.29, 0.717) is 13.0 Å². The molecule has 0 saturated carbocycles. The van der Waals surface area contributed by atoms with Crippen LogP contribution in [0.4, 0.5) is 0 Å². The van der Waals surface area contributed by atoms with Crippen LogP contribution in [0.25, 0.3) is 0 Å². The highest BCUT2D eigenvalue weighted by Crippen LogP contribution is 2.03. The fourth-order valence-corrected chi connectivity index (χ4v) is 2.23. The molecule has 0 aromatic heterocycles. The molecule has 1 fully saturated rings. The van der Waals surface area contributed by atoms with Crippen LogP contribution in [0.1, 0.15) is 25.7 Å². The van der Waals surface area contributed by atoms with E-state index in [0.717, 1.165) is 13.0 Å². The van der Waals surface area contributed by atoms with Crippen LogP contribution in [-0.4, -0.2) is 81.2 Å². The Morgan fingerprint density at radius 3 is 2.53 bits per heavy atom. The van der Waals surface area contributed by atoms with E-state index in [9.17, 15) is 5.11 Å². The van der Waals surface area contributed by atoms with E-state index < -0.39 is 6.23 Å². The first-order valence-electron chi connectivity index (χ1n) is 7.56. The fourth-order valence-electron chi connectivity index (χ4n) is 2.23. The third-order valence-corrected chi connectivity index (χ3v) is 3.73. The molecule has 0 bridgehead atoms. The van der Waals surface area contributed by atoms with Gasteiger partial charge in [0, 0.05) is 39.2 Å². The lowest BCUT2D eigenvalue weighted by Crippen LogP contribution is -2.44. The number of ether oxygens (including phenoxy) is 1. The van der Waals surface area contributed by atoms with Crippen molar-refractivity contribution in [2.75, 3.05) is 60.0 Å². The zero-order valence-electron chi connectivity index (χ0n) is 12.6. The first-order chi connectivity index (χ1) is 9.22. The van der Waals surface area contributed by atoms with Gasteiger partial charge in [-0.3, -0.25) is 5.32 Å². The van der Waals surface area contributed by atoms with Gasteiger partial charge in [-0.25, -0.2) is 0 Å². The monoisotopic (exact) mass is 273 g/mol. The largest absolute Gasteiger partial charge is 0.381 e. The molecular formula is C14H31N3O2. The molecule has 114 valence electrons. The van der Waals surface area contributed by atoms with Crippen molar-refractivity contribution in [2.45, 2.75) is 31.9 Å². The van der Waals surface area contributed by atoms with E-state index in [1.54, 1.807) is 7.05 Å². The van der Waals surface area contributed by atoms with Crippen LogP contribution in [-0.2, 0) is 4.74 Å². The highest BCUT2D eigenvalue weighted by atomic mass is 16.5. The highest BCUT2D eigenvalue weighted by molar-refractivity contribution is 4.68. The number of aliphatic hydroxyl groups excluding tert-OH is 1. The van der Waals surface area contributed by atoms with Crippen LogP contribution in [0.5, 0.6) is 0 Å². The van der Waals surface area contributed by atoms with Crippen molar-refractivity contribution >= 4 is 0 Å². The molecular weight excluding hydrogens is 242 g/mol. The van der Waals surface area contributed by atoms with E-state index >= 15 is 0 Å². The Hall–Kier alpha value is -0.200. The second-order valence-corrected chi connectivity index (χ2v) is 5.41. The summed E-state index contributed by atoms with van der Waals surface area (Å²) in [6, 6.07) is 0. The van der Waals surface area contributed by atoms with Gasteiger partial charge in [0.15, 0.2) is 0 Å². The van der Waals surface area contributed by atoms with Gasteiger partial charge in [-0.15, -0.1) is 0 Å². The molecule has 19 heavy (non-hydrogen) atoms. The molecule has 1 unspecified atom stereocenters. The molecule has 5 heteroatoms. The molecule has 1 aliphatic heterocycles. The van der Waals surface area contributed by atoms with E-state index in [1.807, 2.05) is 0 Å². The molecule has 0 aliphatic carbocycles. The number of nitrogens with one attached hydrogen (secondary N) is 1. The van der Waals surface area contributed by atoms with Crippen LogP contribution in [0, 0.1) is 0 Å². The van der Waals surface area contributed by atoms with Crippen molar-refractivity contribution in [1.29, 1.82) is 0 Å². The van der Waals surface area contributed by atoms with Crippen LogP contribution < -0.4 is 5.32 Å². The fraction of sp³-hybridized carbons (Fsp3) is 1.00. The zero-order valence-corrected chi connectivity index (χ0v) is 12.6. The summed E-state index contributed by atoms with van der Waals surface area (Å²) in [5.41, 5.74) is 0. The number of rotatable bonds is 10. The lowest BCUT2D eigenvalue weighted by Gasteiger charge is -2.32. The van der Waals surface area contributed by atoms with E-state index in [-0.39, 0.29) is 0 Å². The molecule has 5 nitrogen and oxygen atoms in total. The van der Waals surface area contributed by atoms with Crippen molar-refractivity contribution in [1.82, 2.24) is 15.1 Å². The van der Waals surface area contributed by atoms with Gasteiger partial charge in [-0.1, -0.05) is 0 Å². The Kier molecular flexibility index (Phi) is 9.38. The van der Waals surface area contributed by atoms with Crippen LogP contribution in [0.3, 0.4) is 0 Å². The molecule has 0 amide bonds. The standard InChI is InChI=1S/C14H31N3O2/c1-15-14(18)6-13-19-12-5-3-4-7-17-10-8-16(2)9-11-17/h14-15,18H,3-13H2,1-2H3. The van der Waals surface area contributed by atoms with Crippen molar-refractivity contribution in [3.63, 3.8) is 0 Å². The van der Waals surface area contributed by atoms with Gasteiger partial charge < -0.3 is 19.6 Å². The van der Waals surface area contributed by atoms with Gasteiger partial charge >= 0.3 is 0 Å². The SMILES string of the molecule is CNC(O)CCOCCCCCN1CCN(C)CC1. The minimum atomic E-state index is -0.433.